The minimum absolute atomic E-state index is 0.211. The minimum Gasteiger partial charge on any atom is -0.375 e. The third kappa shape index (κ3) is 4.30. The number of benzene rings is 1. The molecule has 3 heteroatoms. The van der Waals surface area contributed by atoms with Gasteiger partial charge in [0.2, 0.25) is 0 Å². The molecule has 0 aliphatic rings. The molecule has 0 unspecified atom stereocenters. The van der Waals surface area contributed by atoms with E-state index in [2.05, 4.69) is 13.8 Å². The fraction of sp³-hybridized carbons (Fsp3) is 0.571. The van der Waals surface area contributed by atoms with Crippen LogP contribution in [0.4, 0.5) is 0 Å². The molecule has 1 aromatic carbocycles. The molecule has 17 heavy (non-hydrogen) atoms. The predicted octanol–water partition coefficient (Wildman–Crippen LogP) is 3.68. The number of hydrogen-bond acceptors (Lipinski definition) is 2. The molecule has 0 aliphatic carbocycles. The third-order valence-electron chi connectivity index (χ3n) is 3.26. The van der Waals surface area contributed by atoms with Crippen molar-refractivity contribution in [2.45, 2.75) is 45.8 Å². The average Bonchev–Trinajstić information content (AvgIpc) is 2.32. The topological polar surface area (TPSA) is 35.2 Å². The van der Waals surface area contributed by atoms with E-state index in [1.807, 2.05) is 25.1 Å². The molecule has 2 N–H and O–H groups in total. The van der Waals surface area contributed by atoms with Gasteiger partial charge in [-0.15, -0.1) is 0 Å². The molecule has 0 atom stereocenters. The molecule has 0 saturated carbocycles. The summed E-state index contributed by atoms with van der Waals surface area (Å²) < 4.78 is 5.68. The lowest BCUT2D eigenvalue weighted by molar-refractivity contribution is 0.0696. The largest absolute Gasteiger partial charge is 0.375 e. The molecule has 0 aromatic heterocycles. The first-order chi connectivity index (χ1) is 8.00. The summed E-state index contributed by atoms with van der Waals surface area (Å²) in [4.78, 5) is 0. The van der Waals surface area contributed by atoms with E-state index in [0.717, 1.165) is 29.0 Å². The number of ether oxygens (including phenoxy) is 1. The maximum atomic E-state index is 6.16. The van der Waals surface area contributed by atoms with E-state index in [-0.39, 0.29) is 5.54 Å². The molecule has 1 aromatic rings. The Morgan fingerprint density at radius 3 is 2.47 bits per heavy atom. The van der Waals surface area contributed by atoms with Gasteiger partial charge >= 0.3 is 0 Å². The van der Waals surface area contributed by atoms with Gasteiger partial charge in [-0.05, 0) is 37.0 Å². The Morgan fingerprint density at radius 1 is 1.29 bits per heavy atom. The number of rotatable bonds is 6. The zero-order valence-electron chi connectivity index (χ0n) is 10.9. The van der Waals surface area contributed by atoms with E-state index < -0.39 is 0 Å². The quantitative estimate of drug-likeness (QED) is 0.842. The van der Waals surface area contributed by atoms with Crippen molar-refractivity contribution in [3.05, 3.63) is 34.3 Å². The minimum atomic E-state index is -0.211. The highest BCUT2D eigenvalue weighted by atomic mass is 35.5. The average molecular weight is 256 g/mol. The van der Waals surface area contributed by atoms with Gasteiger partial charge < -0.3 is 10.5 Å². The van der Waals surface area contributed by atoms with Crippen molar-refractivity contribution in [1.29, 1.82) is 0 Å². The van der Waals surface area contributed by atoms with E-state index in [0.29, 0.717) is 13.2 Å². The summed E-state index contributed by atoms with van der Waals surface area (Å²) in [6.07, 6.45) is 1.84. The van der Waals surface area contributed by atoms with E-state index >= 15 is 0 Å². The van der Waals surface area contributed by atoms with Gasteiger partial charge in [0.1, 0.15) is 0 Å². The Morgan fingerprint density at radius 2 is 1.94 bits per heavy atom. The first-order valence-electron chi connectivity index (χ1n) is 6.12. The smallest absolute Gasteiger partial charge is 0.0732 e. The van der Waals surface area contributed by atoms with Crippen molar-refractivity contribution in [3.63, 3.8) is 0 Å². The maximum absolute atomic E-state index is 6.16. The molecule has 2 nitrogen and oxygen atoms in total. The molecular weight excluding hydrogens is 234 g/mol. The molecule has 0 spiro atoms. The van der Waals surface area contributed by atoms with Gasteiger partial charge in [0.05, 0.1) is 13.2 Å². The van der Waals surface area contributed by atoms with Crippen LogP contribution in [0.5, 0.6) is 0 Å². The van der Waals surface area contributed by atoms with Crippen LogP contribution in [0.25, 0.3) is 0 Å². The zero-order valence-corrected chi connectivity index (χ0v) is 11.7. The summed E-state index contributed by atoms with van der Waals surface area (Å²) in [5, 5.41) is 0.764. The summed E-state index contributed by atoms with van der Waals surface area (Å²) >= 11 is 6.14. The second kappa shape index (κ2) is 6.39. The predicted molar refractivity (Wildman–Crippen MR) is 73.3 cm³/mol. The lowest BCUT2D eigenvalue weighted by Crippen LogP contribution is -2.43. The van der Waals surface area contributed by atoms with E-state index in [1.54, 1.807) is 0 Å². The van der Waals surface area contributed by atoms with E-state index in [1.165, 1.54) is 0 Å². The normalized spacial score (nSPS) is 11.8. The van der Waals surface area contributed by atoms with Crippen LogP contribution in [-0.4, -0.2) is 12.1 Å². The summed E-state index contributed by atoms with van der Waals surface area (Å²) in [5.74, 6) is 0. The van der Waals surface area contributed by atoms with Crippen LogP contribution in [0.15, 0.2) is 18.2 Å². The highest BCUT2D eigenvalue weighted by Gasteiger charge is 2.20. The zero-order chi connectivity index (χ0) is 12.9. The van der Waals surface area contributed by atoms with Crippen LogP contribution in [-0.2, 0) is 11.3 Å². The summed E-state index contributed by atoms with van der Waals surface area (Å²) in [5.41, 5.74) is 8.14. The number of aryl methyl sites for hydroxylation is 1. The molecule has 0 aliphatic heterocycles. The van der Waals surface area contributed by atoms with E-state index in [4.69, 9.17) is 22.1 Å². The van der Waals surface area contributed by atoms with Gasteiger partial charge in [-0.3, -0.25) is 0 Å². The summed E-state index contributed by atoms with van der Waals surface area (Å²) in [7, 11) is 0. The van der Waals surface area contributed by atoms with Gasteiger partial charge in [0.15, 0.2) is 0 Å². The summed E-state index contributed by atoms with van der Waals surface area (Å²) in [6.45, 7) is 7.30. The number of nitrogens with two attached hydrogens (primary N) is 1. The molecule has 0 fully saturated rings. The van der Waals surface area contributed by atoms with E-state index in [9.17, 15) is 0 Å². The molecule has 0 saturated heterocycles. The summed E-state index contributed by atoms with van der Waals surface area (Å²) in [6, 6.07) is 6.00. The highest BCUT2D eigenvalue weighted by molar-refractivity contribution is 6.31. The lowest BCUT2D eigenvalue weighted by atomic mass is 9.96. The van der Waals surface area contributed by atoms with Crippen molar-refractivity contribution >= 4 is 11.6 Å². The first kappa shape index (κ1) is 14.5. The molecule has 96 valence electrons. The van der Waals surface area contributed by atoms with Crippen LogP contribution in [0.2, 0.25) is 5.02 Å². The Hall–Kier alpha value is -0.570. The SMILES string of the molecule is CCC(N)(CC)COCc1ccc(C)cc1Cl. The molecule has 0 radical (unpaired) electrons. The monoisotopic (exact) mass is 255 g/mol. The maximum Gasteiger partial charge on any atom is 0.0732 e. The van der Waals surface area contributed by atoms with Crippen LogP contribution in [0.3, 0.4) is 0 Å². The molecular formula is C14H22ClNO. The Bertz CT molecular complexity index is 361. The third-order valence-corrected chi connectivity index (χ3v) is 3.62. The fourth-order valence-corrected chi connectivity index (χ4v) is 1.88. The second-order valence-corrected chi connectivity index (χ2v) is 5.06. The van der Waals surface area contributed by atoms with Gasteiger partial charge in [-0.25, -0.2) is 0 Å². The Kier molecular flexibility index (Phi) is 5.44. The van der Waals surface area contributed by atoms with Crippen molar-refractivity contribution in [3.8, 4) is 0 Å². The number of halogens is 1. The van der Waals surface area contributed by atoms with Crippen molar-refractivity contribution in [2.24, 2.45) is 5.73 Å². The highest BCUT2D eigenvalue weighted by Crippen LogP contribution is 2.19. The standard InChI is InChI=1S/C14H22ClNO/c1-4-14(16,5-2)10-17-9-12-7-6-11(3)8-13(12)15/h6-8H,4-5,9-10,16H2,1-3H3. The number of hydrogen-bond donors (Lipinski definition) is 1. The van der Waals surface area contributed by atoms with Gasteiger partial charge in [0.25, 0.3) is 0 Å². The molecule has 0 heterocycles. The van der Waals surface area contributed by atoms with Crippen molar-refractivity contribution in [1.82, 2.24) is 0 Å². The Balaban J connectivity index is 2.51. The van der Waals surface area contributed by atoms with Crippen LogP contribution >= 0.6 is 11.6 Å². The molecule has 1 rings (SSSR count). The lowest BCUT2D eigenvalue weighted by Gasteiger charge is -2.26. The second-order valence-electron chi connectivity index (χ2n) is 4.66. The molecule has 0 amide bonds. The first-order valence-corrected chi connectivity index (χ1v) is 6.50. The molecule has 0 bridgehead atoms. The Labute approximate surface area is 109 Å². The van der Waals surface area contributed by atoms with Crippen LogP contribution < -0.4 is 5.73 Å². The van der Waals surface area contributed by atoms with Crippen LogP contribution in [0.1, 0.15) is 37.8 Å². The van der Waals surface area contributed by atoms with Crippen molar-refractivity contribution in [2.75, 3.05) is 6.61 Å². The van der Waals surface area contributed by atoms with Crippen LogP contribution in [0, 0.1) is 6.92 Å². The van der Waals surface area contributed by atoms with Gasteiger partial charge in [0, 0.05) is 10.6 Å². The van der Waals surface area contributed by atoms with Crippen molar-refractivity contribution < 1.29 is 4.74 Å². The van der Waals surface area contributed by atoms with Gasteiger partial charge in [-0.1, -0.05) is 37.6 Å². The van der Waals surface area contributed by atoms with Gasteiger partial charge in [-0.2, -0.15) is 0 Å². The fourth-order valence-electron chi connectivity index (χ4n) is 1.59.